The van der Waals surface area contributed by atoms with Crippen LogP contribution in [0, 0.1) is 0 Å². The Morgan fingerprint density at radius 1 is 1.05 bits per heavy atom. The Morgan fingerprint density at radius 2 is 1.86 bits per heavy atom. The first-order valence-corrected chi connectivity index (χ1v) is 7.12. The zero-order chi connectivity index (χ0) is 14.2. The van der Waals surface area contributed by atoms with Gasteiger partial charge in [-0.05, 0) is 36.2 Å². The SMILES string of the molecule is COc1ccc(N2C=C3c4ccccc4CCN3N2)cc1. The molecule has 4 rings (SSSR count). The molecule has 21 heavy (non-hydrogen) atoms. The van der Waals surface area contributed by atoms with E-state index >= 15 is 0 Å². The van der Waals surface area contributed by atoms with Gasteiger partial charge in [-0.2, -0.15) is 0 Å². The van der Waals surface area contributed by atoms with Crippen molar-refractivity contribution in [2.24, 2.45) is 0 Å². The summed E-state index contributed by atoms with van der Waals surface area (Å²) >= 11 is 0. The highest BCUT2D eigenvalue weighted by atomic mass is 16.5. The third-order valence-corrected chi connectivity index (χ3v) is 4.02. The van der Waals surface area contributed by atoms with E-state index in [1.807, 2.05) is 24.3 Å². The van der Waals surface area contributed by atoms with E-state index in [1.54, 1.807) is 7.11 Å². The van der Waals surface area contributed by atoms with Crippen molar-refractivity contribution in [3.8, 4) is 5.75 Å². The van der Waals surface area contributed by atoms with Crippen LogP contribution in [-0.2, 0) is 6.42 Å². The van der Waals surface area contributed by atoms with Crippen LogP contribution in [0.2, 0.25) is 0 Å². The summed E-state index contributed by atoms with van der Waals surface area (Å²) < 4.78 is 5.21. The lowest BCUT2D eigenvalue weighted by molar-refractivity contribution is 0.307. The molecule has 0 saturated carbocycles. The molecule has 106 valence electrons. The average molecular weight is 279 g/mol. The third-order valence-electron chi connectivity index (χ3n) is 4.02. The maximum atomic E-state index is 5.21. The van der Waals surface area contributed by atoms with Crippen LogP contribution in [0.1, 0.15) is 11.1 Å². The highest BCUT2D eigenvalue weighted by molar-refractivity contribution is 5.73. The lowest BCUT2D eigenvalue weighted by atomic mass is 9.98. The summed E-state index contributed by atoms with van der Waals surface area (Å²) in [6.45, 7) is 0.982. The number of fused-ring (bicyclic) bond motifs is 3. The van der Waals surface area contributed by atoms with E-state index in [0.717, 1.165) is 24.4 Å². The van der Waals surface area contributed by atoms with Crippen LogP contribution in [0.4, 0.5) is 5.69 Å². The van der Waals surface area contributed by atoms with Crippen molar-refractivity contribution >= 4 is 11.4 Å². The van der Waals surface area contributed by atoms with Crippen LogP contribution in [0.25, 0.3) is 5.70 Å². The fraction of sp³-hybridized carbons (Fsp3) is 0.176. The molecular weight excluding hydrogens is 262 g/mol. The predicted molar refractivity (Wildman–Crippen MR) is 83.4 cm³/mol. The van der Waals surface area contributed by atoms with E-state index < -0.39 is 0 Å². The normalized spacial score (nSPS) is 16.3. The Kier molecular flexibility index (Phi) is 2.82. The van der Waals surface area contributed by atoms with E-state index in [-0.39, 0.29) is 0 Å². The van der Waals surface area contributed by atoms with Crippen molar-refractivity contribution in [2.75, 3.05) is 18.7 Å². The maximum Gasteiger partial charge on any atom is 0.119 e. The molecule has 0 bridgehead atoms. The van der Waals surface area contributed by atoms with Gasteiger partial charge in [0.15, 0.2) is 0 Å². The maximum absolute atomic E-state index is 5.21. The largest absolute Gasteiger partial charge is 0.497 e. The van der Waals surface area contributed by atoms with Crippen LogP contribution in [-0.4, -0.2) is 18.7 Å². The molecule has 0 fully saturated rings. The molecular formula is C17H17N3O. The average Bonchev–Trinajstić information content (AvgIpc) is 2.99. The molecule has 0 amide bonds. The van der Waals surface area contributed by atoms with Gasteiger partial charge in [-0.15, -0.1) is 5.53 Å². The van der Waals surface area contributed by atoms with E-state index in [0.29, 0.717) is 0 Å². The summed E-state index contributed by atoms with van der Waals surface area (Å²) in [6, 6.07) is 16.6. The summed E-state index contributed by atoms with van der Waals surface area (Å²) in [5.41, 5.74) is 8.47. The van der Waals surface area contributed by atoms with Gasteiger partial charge in [-0.25, -0.2) is 0 Å². The fourth-order valence-electron chi connectivity index (χ4n) is 2.89. The van der Waals surface area contributed by atoms with Crippen molar-refractivity contribution < 1.29 is 4.74 Å². The second-order valence-electron chi connectivity index (χ2n) is 5.24. The van der Waals surface area contributed by atoms with Gasteiger partial charge in [0.2, 0.25) is 0 Å². The van der Waals surface area contributed by atoms with E-state index in [1.165, 1.54) is 16.8 Å². The number of rotatable bonds is 2. The zero-order valence-electron chi connectivity index (χ0n) is 11.9. The second kappa shape index (κ2) is 4.82. The summed E-state index contributed by atoms with van der Waals surface area (Å²) in [6.07, 6.45) is 3.22. The molecule has 2 aliphatic rings. The molecule has 0 aliphatic carbocycles. The van der Waals surface area contributed by atoms with Gasteiger partial charge in [0.25, 0.3) is 0 Å². The van der Waals surface area contributed by atoms with Crippen molar-refractivity contribution in [1.82, 2.24) is 10.5 Å². The van der Waals surface area contributed by atoms with Gasteiger partial charge in [0.05, 0.1) is 18.5 Å². The minimum atomic E-state index is 0.869. The number of hydrazine groups is 2. The number of nitrogens with zero attached hydrogens (tertiary/aromatic N) is 2. The molecule has 0 saturated heterocycles. The molecule has 2 aliphatic heterocycles. The van der Waals surface area contributed by atoms with Crippen molar-refractivity contribution in [3.05, 3.63) is 65.9 Å². The second-order valence-corrected chi connectivity index (χ2v) is 5.24. The van der Waals surface area contributed by atoms with E-state index in [2.05, 4.69) is 46.0 Å². The molecule has 0 radical (unpaired) electrons. The molecule has 4 nitrogen and oxygen atoms in total. The minimum Gasteiger partial charge on any atom is -0.497 e. The van der Waals surface area contributed by atoms with Crippen molar-refractivity contribution in [3.63, 3.8) is 0 Å². The fourth-order valence-corrected chi connectivity index (χ4v) is 2.89. The van der Waals surface area contributed by atoms with Gasteiger partial charge < -0.3 is 4.74 Å². The monoisotopic (exact) mass is 279 g/mol. The Morgan fingerprint density at radius 3 is 2.67 bits per heavy atom. The smallest absolute Gasteiger partial charge is 0.119 e. The van der Waals surface area contributed by atoms with Gasteiger partial charge >= 0.3 is 0 Å². The highest BCUT2D eigenvalue weighted by Crippen LogP contribution is 2.32. The van der Waals surface area contributed by atoms with Crippen LogP contribution in [0.5, 0.6) is 5.75 Å². The van der Waals surface area contributed by atoms with Crippen LogP contribution >= 0.6 is 0 Å². The standard InChI is InChI=1S/C17H17N3O/c1-21-15-8-6-14(7-9-15)20-12-17-16-5-3-2-4-13(16)10-11-19(17)18-20/h2-9,12,18H,10-11H2,1H3. The van der Waals surface area contributed by atoms with Crippen LogP contribution in [0.15, 0.2) is 54.7 Å². The first kappa shape index (κ1) is 12.3. The Balaban J connectivity index is 1.68. The Labute approximate surface area is 124 Å². The first-order valence-electron chi connectivity index (χ1n) is 7.12. The number of anilines is 1. The number of benzene rings is 2. The molecule has 2 aromatic rings. The number of hydrogen-bond acceptors (Lipinski definition) is 4. The minimum absolute atomic E-state index is 0.869. The topological polar surface area (TPSA) is 27.7 Å². The lowest BCUT2D eigenvalue weighted by Gasteiger charge is -2.29. The number of ether oxygens (including phenoxy) is 1. The van der Waals surface area contributed by atoms with Gasteiger partial charge in [-0.1, -0.05) is 24.3 Å². The third kappa shape index (κ3) is 2.04. The molecule has 2 heterocycles. The Hall–Kier alpha value is -2.46. The zero-order valence-corrected chi connectivity index (χ0v) is 11.9. The van der Waals surface area contributed by atoms with Gasteiger partial charge in [-0.3, -0.25) is 10.0 Å². The predicted octanol–water partition coefficient (Wildman–Crippen LogP) is 2.79. The number of methoxy groups -OCH3 is 1. The van der Waals surface area contributed by atoms with E-state index in [9.17, 15) is 0 Å². The summed E-state index contributed by atoms with van der Waals surface area (Å²) in [4.78, 5) is 0. The molecule has 4 heteroatoms. The quantitative estimate of drug-likeness (QED) is 0.915. The molecule has 0 aromatic heterocycles. The molecule has 0 atom stereocenters. The van der Waals surface area contributed by atoms with E-state index in [4.69, 9.17) is 4.74 Å². The van der Waals surface area contributed by atoms with Crippen molar-refractivity contribution in [1.29, 1.82) is 0 Å². The first-order chi connectivity index (χ1) is 10.3. The van der Waals surface area contributed by atoms with Gasteiger partial charge in [0, 0.05) is 18.3 Å². The van der Waals surface area contributed by atoms with Crippen LogP contribution < -0.4 is 15.3 Å². The molecule has 0 spiro atoms. The summed E-state index contributed by atoms with van der Waals surface area (Å²) in [5.74, 6) is 0.869. The Bertz CT molecular complexity index is 693. The molecule has 0 unspecified atom stereocenters. The number of hydrogen-bond donors (Lipinski definition) is 1. The van der Waals surface area contributed by atoms with Gasteiger partial charge in [0.1, 0.15) is 5.75 Å². The van der Waals surface area contributed by atoms with Crippen LogP contribution in [0.3, 0.4) is 0 Å². The summed E-state index contributed by atoms with van der Waals surface area (Å²) in [5, 5.41) is 4.25. The summed E-state index contributed by atoms with van der Waals surface area (Å²) in [7, 11) is 1.68. The van der Waals surface area contributed by atoms with Crippen molar-refractivity contribution in [2.45, 2.75) is 6.42 Å². The lowest BCUT2D eigenvalue weighted by Crippen LogP contribution is -2.42. The highest BCUT2D eigenvalue weighted by Gasteiger charge is 2.27. The molecule has 2 aromatic carbocycles. The number of nitrogens with one attached hydrogen (secondary N) is 1. The molecule has 1 N–H and O–H groups in total.